The molecular formula is C18H19N3O3S. The Balaban J connectivity index is 1.87. The van der Waals surface area contributed by atoms with E-state index in [-0.39, 0.29) is 17.2 Å². The summed E-state index contributed by atoms with van der Waals surface area (Å²) >= 11 is 1.44. The van der Waals surface area contributed by atoms with Crippen LogP contribution in [-0.4, -0.2) is 22.4 Å². The van der Waals surface area contributed by atoms with Gasteiger partial charge in [-0.2, -0.15) is 0 Å². The zero-order valence-corrected chi connectivity index (χ0v) is 15.3. The smallest absolute Gasteiger partial charge is 0.271 e. The number of carbonyl (C=O) groups is 1. The molecule has 1 amide bonds. The normalized spacial score (nSPS) is 12.2. The zero-order valence-electron chi connectivity index (χ0n) is 14.5. The van der Waals surface area contributed by atoms with E-state index in [1.165, 1.54) is 21.9 Å². The minimum atomic E-state index is -0.432. The first-order valence-corrected chi connectivity index (χ1v) is 8.66. The minimum absolute atomic E-state index is 0.0405. The fraction of sp³-hybridized carbons (Fsp3) is 0.278. The van der Waals surface area contributed by atoms with Gasteiger partial charge in [0.05, 0.1) is 13.2 Å². The number of nitrogens with zero attached hydrogens (tertiary/aromatic N) is 2. The van der Waals surface area contributed by atoms with Crippen LogP contribution in [0.25, 0.3) is 4.96 Å². The average molecular weight is 357 g/mol. The predicted molar refractivity (Wildman–Crippen MR) is 97.7 cm³/mol. The molecule has 0 aliphatic heterocycles. The van der Waals surface area contributed by atoms with Gasteiger partial charge in [-0.25, -0.2) is 4.98 Å². The highest BCUT2D eigenvalue weighted by atomic mass is 32.1. The van der Waals surface area contributed by atoms with E-state index in [1.54, 1.807) is 7.11 Å². The van der Waals surface area contributed by atoms with E-state index in [1.807, 2.05) is 45.0 Å². The number of ether oxygens (including phenoxy) is 1. The molecule has 25 heavy (non-hydrogen) atoms. The van der Waals surface area contributed by atoms with Crippen molar-refractivity contribution in [3.63, 3.8) is 0 Å². The molecule has 3 rings (SSSR count). The predicted octanol–water partition coefficient (Wildman–Crippen LogP) is 2.87. The van der Waals surface area contributed by atoms with Crippen LogP contribution in [0.1, 0.15) is 39.5 Å². The molecule has 6 nitrogen and oxygen atoms in total. The highest BCUT2D eigenvalue weighted by Gasteiger charge is 2.18. The van der Waals surface area contributed by atoms with Crippen LogP contribution in [0.3, 0.4) is 0 Å². The van der Waals surface area contributed by atoms with Crippen LogP contribution in [0.5, 0.6) is 5.75 Å². The lowest BCUT2D eigenvalue weighted by molar-refractivity contribution is 0.0938. The Morgan fingerprint density at radius 1 is 1.28 bits per heavy atom. The van der Waals surface area contributed by atoms with E-state index in [0.29, 0.717) is 4.96 Å². The average Bonchev–Trinajstić information content (AvgIpc) is 2.90. The topological polar surface area (TPSA) is 72.7 Å². The van der Waals surface area contributed by atoms with Crippen molar-refractivity contribution in [3.05, 3.63) is 62.5 Å². The van der Waals surface area contributed by atoms with Gasteiger partial charge in [0.15, 0.2) is 4.96 Å². The lowest BCUT2D eigenvalue weighted by Gasteiger charge is -2.14. The Bertz CT molecular complexity index is 989. The van der Waals surface area contributed by atoms with Crippen LogP contribution in [0, 0.1) is 13.8 Å². The first-order valence-electron chi connectivity index (χ1n) is 7.85. The summed E-state index contributed by atoms with van der Waals surface area (Å²) in [6.07, 6.45) is 1.35. The van der Waals surface area contributed by atoms with Gasteiger partial charge in [-0.1, -0.05) is 12.1 Å². The third-order valence-electron chi connectivity index (χ3n) is 4.23. The van der Waals surface area contributed by atoms with Crippen molar-refractivity contribution in [2.45, 2.75) is 26.8 Å². The quantitative estimate of drug-likeness (QED) is 0.779. The molecule has 0 saturated heterocycles. The van der Waals surface area contributed by atoms with Crippen molar-refractivity contribution in [1.82, 2.24) is 14.7 Å². The molecule has 0 aliphatic carbocycles. The number of thiazole rings is 1. The van der Waals surface area contributed by atoms with Crippen LogP contribution in [0.4, 0.5) is 0 Å². The van der Waals surface area contributed by atoms with Crippen molar-refractivity contribution in [2.24, 2.45) is 0 Å². The lowest BCUT2D eigenvalue weighted by atomic mass is 10.1. The van der Waals surface area contributed by atoms with E-state index >= 15 is 0 Å². The molecule has 0 aliphatic rings. The van der Waals surface area contributed by atoms with Crippen molar-refractivity contribution in [1.29, 1.82) is 0 Å². The lowest BCUT2D eigenvalue weighted by Crippen LogP contribution is -2.33. The van der Waals surface area contributed by atoms with Crippen LogP contribution in [-0.2, 0) is 0 Å². The van der Waals surface area contributed by atoms with E-state index in [4.69, 9.17) is 4.74 Å². The van der Waals surface area contributed by atoms with Gasteiger partial charge in [0.2, 0.25) is 0 Å². The third-order valence-corrected chi connectivity index (χ3v) is 5.30. The Morgan fingerprint density at radius 3 is 2.60 bits per heavy atom. The maximum Gasteiger partial charge on any atom is 0.271 e. The summed E-state index contributed by atoms with van der Waals surface area (Å²) in [5.74, 6) is 0.317. The number of rotatable bonds is 4. The summed E-state index contributed by atoms with van der Waals surface area (Å²) in [4.78, 5) is 31.1. The molecule has 7 heteroatoms. The monoisotopic (exact) mass is 357 g/mol. The summed E-state index contributed by atoms with van der Waals surface area (Å²) in [5.41, 5.74) is 1.44. The van der Waals surface area contributed by atoms with Gasteiger partial charge in [-0.05, 0) is 38.5 Å². The van der Waals surface area contributed by atoms with Gasteiger partial charge in [0.25, 0.3) is 11.5 Å². The number of carbonyl (C=O) groups excluding carboxylic acids is 1. The Morgan fingerprint density at radius 2 is 1.96 bits per heavy atom. The number of hydrogen-bond acceptors (Lipinski definition) is 5. The number of nitrogens with one attached hydrogen (secondary N) is 1. The van der Waals surface area contributed by atoms with Gasteiger partial charge in [-0.15, -0.1) is 11.3 Å². The number of methoxy groups -OCH3 is 1. The molecule has 0 unspecified atom stereocenters. The second-order valence-corrected chi connectivity index (χ2v) is 6.99. The maximum absolute atomic E-state index is 12.7. The minimum Gasteiger partial charge on any atom is -0.497 e. The molecule has 3 aromatic rings. The molecule has 0 spiro atoms. The molecular weight excluding hydrogens is 338 g/mol. The van der Waals surface area contributed by atoms with Crippen LogP contribution in [0.15, 0.2) is 35.3 Å². The molecule has 1 N–H and O–H groups in total. The van der Waals surface area contributed by atoms with Crippen molar-refractivity contribution >= 4 is 22.2 Å². The molecule has 0 bridgehead atoms. The zero-order chi connectivity index (χ0) is 18.1. The summed E-state index contributed by atoms with van der Waals surface area (Å²) in [6, 6.07) is 7.18. The Hall–Kier alpha value is -2.67. The summed E-state index contributed by atoms with van der Waals surface area (Å²) in [6.45, 7) is 5.65. The summed E-state index contributed by atoms with van der Waals surface area (Å²) < 4.78 is 6.62. The van der Waals surface area contributed by atoms with Crippen LogP contribution >= 0.6 is 11.3 Å². The molecule has 1 atom stereocenters. The molecule has 2 heterocycles. The standard InChI is InChI=1S/C18H19N3O3S/c1-10(13-5-7-14(24-4)8-6-13)20-16(22)15-9-19-18-21(17(15)23)11(2)12(3)25-18/h5-10H,1-4H3,(H,20,22)/t10-/m1/s1. The van der Waals surface area contributed by atoms with Crippen molar-refractivity contribution in [3.8, 4) is 5.75 Å². The van der Waals surface area contributed by atoms with E-state index in [2.05, 4.69) is 10.3 Å². The first-order chi connectivity index (χ1) is 11.9. The van der Waals surface area contributed by atoms with Crippen molar-refractivity contribution < 1.29 is 9.53 Å². The van der Waals surface area contributed by atoms with Gasteiger partial charge in [0.1, 0.15) is 11.3 Å². The molecule has 2 aromatic heterocycles. The van der Waals surface area contributed by atoms with Gasteiger partial charge < -0.3 is 10.1 Å². The van der Waals surface area contributed by atoms with Crippen molar-refractivity contribution in [2.75, 3.05) is 7.11 Å². The number of amides is 1. The first kappa shape index (κ1) is 17.2. The summed E-state index contributed by atoms with van der Waals surface area (Å²) in [5, 5.41) is 2.85. The largest absolute Gasteiger partial charge is 0.497 e. The second-order valence-electron chi connectivity index (χ2n) is 5.81. The van der Waals surface area contributed by atoms with E-state index < -0.39 is 5.91 Å². The molecule has 0 fully saturated rings. The molecule has 1 aromatic carbocycles. The highest BCUT2D eigenvalue weighted by molar-refractivity contribution is 7.17. The fourth-order valence-corrected chi connectivity index (χ4v) is 3.51. The van der Waals surface area contributed by atoms with Gasteiger partial charge >= 0.3 is 0 Å². The van der Waals surface area contributed by atoms with Gasteiger partial charge in [-0.3, -0.25) is 14.0 Å². The Labute approximate surface area is 149 Å². The Kier molecular flexibility index (Phi) is 4.59. The number of fused-ring (bicyclic) bond motifs is 1. The second kappa shape index (κ2) is 6.68. The number of aryl methyl sites for hydroxylation is 2. The number of benzene rings is 1. The van der Waals surface area contributed by atoms with Crippen LogP contribution in [0.2, 0.25) is 0 Å². The molecule has 0 saturated carbocycles. The maximum atomic E-state index is 12.7. The number of aromatic nitrogens is 2. The van der Waals surface area contributed by atoms with Crippen LogP contribution < -0.4 is 15.6 Å². The summed E-state index contributed by atoms with van der Waals surface area (Å²) in [7, 11) is 1.60. The van der Waals surface area contributed by atoms with Gasteiger partial charge in [0, 0.05) is 16.8 Å². The van der Waals surface area contributed by atoms with E-state index in [0.717, 1.165) is 21.9 Å². The molecule has 130 valence electrons. The third kappa shape index (κ3) is 3.15. The highest BCUT2D eigenvalue weighted by Crippen LogP contribution is 2.19. The number of hydrogen-bond donors (Lipinski definition) is 1. The molecule has 0 radical (unpaired) electrons. The van der Waals surface area contributed by atoms with E-state index in [9.17, 15) is 9.59 Å². The SMILES string of the molecule is COc1ccc([C@@H](C)NC(=O)c2cnc3sc(C)c(C)n3c2=O)cc1. The fourth-order valence-electron chi connectivity index (χ4n) is 2.58.